The average molecular weight is 261 g/mol. The fraction of sp³-hybridized carbons (Fsp3) is 0.647. The van der Waals surface area contributed by atoms with Crippen LogP contribution in [0.3, 0.4) is 0 Å². The van der Waals surface area contributed by atoms with Crippen LogP contribution in [0, 0.1) is 5.92 Å². The van der Waals surface area contributed by atoms with Gasteiger partial charge in [0, 0.05) is 18.2 Å². The molecule has 1 heterocycles. The molecule has 2 rings (SSSR count). The number of benzene rings is 1. The van der Waals surface area contributed by atoms with Gasteiger partial charge in [-0.25, -0.2) is 0 Å². The maximum atomic E-state index is 6.20. The van der Waals surface area contributed by atoms with Gasteiger partial charge in [-0.05, 0) is 31.2 Å². The lowest BCUT2D eigenvalue weighted by atomic mass is 9.88. The Bertz CT molecular complexity index is 390. The number of hydrogen-bond acceptors (Lipinski definition) is 2. The van der Waals surface area contributed by atoms with Crippen LogP contribution in [-0.4, -0.2) is 18.2 Å². The molecule has 2 nitrogen and oxygen atoms in total. The zero-order chi connectivity index (χ0) is 13.9. The van der Waals surface area contributed by atoms with Crippen molar-refractivity contribution < 1.29 is 4.74 Å². The highest BCUT2D eigenvalue weighted by molar-refractivity contribution is 5.20. The fourth-order valence-corrected chi connectivity index (χ4v) is 2.81. The van der Waals surface area contributed by atoms with E-state index in [1.54, 1.807) is 0 Å². The summed E-state index contributed by atoms with van der Waals surface area (Å²) in [5, 5.41) is 3.87. The van der Waals surface area contributed by atoms with Crippen LogP contribution < -0.4 is 5.32 Å². The molecule has 1 aromatic carbocycles. The monoisotopic (exact) mass is 261 g/mol. The summed E-state index contributed by atoms with van der Waals surface area (Å²) in [6.07, 6.45) is 2.38. The van der Waals surface area contributed by atoms with Gasteiger partial charge in [-0.15, -0.1) is 0 Å². The Hall–Kier alpha value is -0.860. The standard InChI is InChI=1S/C17H27NO/c1-5-17(4)11-12-19-16(15(18-17)13(2)3)14-9-7-6-8-10-14/h6-10,13,15-16,18H,5,11-12H2,1-4H3. The van der Waals surface area contributed by atoms with E-state index in [-0.39, 0.29) is 11.6 Å². The van der Waals surface area contributed by atoms with Gasteiger partial charge in [0.05, 0.1) is 6.10 Å². The molecule has 3 atom stereocenters. The zero-order valence-electron chi connectivity index (χ0n) is 12.6. The molecule has 0 spiro atoms. The maximum Gasteiger partial charge on any atom is 0.0980 e. The van der Waals surface area contributed by atoms with E-state index in [1.165, 1.54) is 5.56 Å². The summed E-state index contributed by atoms with van der Waals surface area (Å²) in [5.74, 6) is 0.550. The molecule has 0 aromatic heterocycles. The molecule has 1 aromatic rings. The van der Waals surface area contributed by atoms with Crippen LogP contribution in [0.5, 0.6) is 0 Å². The largest absolute Gasteiger partial charge is 0.372 e. The second-order valence-electron chi connectivity index (χ2n) is 6.28. The molecule has 1 aliphatic heterocycles. The van der Waals surface area contributed by atoms with E-state index in [4.69, 9.17) is 4.74 Å². The van der Waals surface area contributed by atoms with Crippen molar-refractivity contribution in [1.82, 2.24) is 5.32 Å². The van der Waals surface area contributed by atoms with Crippen LogP contribution in [0.2, 0.25) is 0 Å². The molecule has 0 bridgehead atoms. The molecule has 1 fully saturated rings. The second-order valence-corrected chi connectivity index (χ2v) is 6.28. The van der Waals surface area contributed by atoms with E-state index < -0.39 is 0 Å². The predicted octanol–water partition coefficient (Wildman–Crippen LogP) is 3.93. The SMILES string of the molecule is CCC1(C)CCOC(c2ccccc2)C(C(C)C)N1. The number of ether oxygens (including phenoxy) is 1. The molecule has 2 heteroatoms. The van der Waals surface area contributed by atoms with Crippen LogP contribution >= 0.6 is 0 Å². The Morgan fingerprint density at radius 1 is 1.32 bits per heavy atom. The Morgan fingerprint density at radius 3 is 2.58 bits per heavy atom. The average Bonchev–Trinajstić information content (AvgIpc) is 2.60. The molecule has 1 aliphatic rings. The summed E-state index contributed by atoms with van der Waals surface area (Å²) in [7, 11) is 0. The van der Waals surface area contributed by atoms with Gasteiger partial charge >= 0.3 is 0 Å². The quantitative estimate of drug-likeness (QED) is 0.890. The fourth-order valence-electron chi connectivity index (χ4n) is 2.81. The highest BCUT2D eigenvalue weighted by atomic mass is 16.5. The van der Waals surface area contributed by atoms with Gasteiger partial charge in [0.15, 0.2) is 0 Å². The van der Waals surface area contributed by atoms with Crippen molar-refractivity contribution in [2.24, 2.45) is 5.92 Å². The normalized spacial score (nSPS) is 32.3. The Balaban J connectivity index is 2.27. The highest BCUT2D eigenvalue weighted by Gasteiger charge is 2.36. The molecule has 19 heavy (non-hydrogen) atoms. The van der Waals surface area contributed by atoms with Crippen LogP contribution in [-0.2, 0) is 4.74 Å². The van der Waals surface area contributed by atoms with E-state index in [2.05, 4.69) is 63.3 Å². The molecule has 1 saturated heterocycles. The smallest absolute Gasteiger partial charge is 0.0980 e. The van der Waals surface area contributed by atoms with Crippen LogP contribution in [0.25, 0.3) is 0 Å². The predicted molar refractivity (Wildman–Crippen MR) is 80.2 cm³/mol. The van der Waals surface area contributed by atoms with Crippen molar-refractivity contribution in [3.05, 3.63) is 35.9 Å². The minimum Gasteiger partial charge on any atom is -0.372 e. The van der Waals surface area contributed by atoms with E-state index in [1.807, 2.05) is 0 Å². The molecular formula is C17H27NO. The summed E-state index contributed by atoms with van der Waals surface area (Å²) >= 11 is 0. The summed E-state index contributed by atoms with van der Waals surface area (Å²) in [5.41, 5.74) is 1.48. The molecule has 0 saturated carbocycles. The van der Waals surface area contributed by atoms with Gasteiger partial charge in [-0.3, -0.25) is 0 Å². The maximum absolute atomic E-state index is 6.20. The van der Waals surface area contributed by atoms with E-state index in [0.29, 0.717) is 12.0 Å². The van der Waals surface area contributed by atoms with Crippen molar-refractivity contribution in [3.63, 3.8) is 0 Å². The van der Waals surface area contributed by atoms with Crippen LogP contribution in [0.4, 0.5) is 0 Å². The summed E-state index contributed by atoms with van der Waals surface area (Å²) in [6, 6.07) is 11.0. The van der Waals surface area contributed by atoms with E-state index >= 15 is 0 Å². The Labute approximate surface area is 117 Å². The van der Waals surface area contributed by atoms with Gasteiger partial charge in [-0.2, -0.15) is 0 Å². The third kappa shape index (κ3) is 3.37. The third-order valence-corrected chi connectivity index (χ3v) is 4.42. The lowest BCUT2D eigenvalue weighted by Gasteiger charge is -2.36. The summed E-state index contributed by atoms with van der Waals surface area (Å²) in [6.45, 7) is 9.96. The van der Waals surface area contributed by atoms with Crippen molar-refractivity contribution in [3.8, 4) is 0 Å². The minimum atomic E-state index is 0.162. The topological polar surface area (TPSA) is 21.3 Å². The molecule has 0 amide bonds. The molecule has 0 radical (unpaired) electrons. The lowest BCUT2D eigenvalue weighted by molar-refractivity contribution is 0.0305. The van der Waals surface area contributed by atoms with Gasteiger partial charge < -0.3 is 10.1 Å². The highest BCUT2D eigenvalue weighted by Crippen LogP contribution is 2.32. The van der Waals surface area contributed by atoms with Crippen molar-refractivity contribution in [1.29, 1.82) is 0 Å². The van der Waals surface area contributed by atoms with E-state index in [0.717, 1.165) is 19.4 Å². The van der Waals surface area contributed by atoms with Gasteiger partial charge in [0.2, 0.25) is 0 Å². The molecule has 3 unspecified atom stereocenters. The van der Waals surface area contributed by atoms with Gasteiger partial charge in [0.25, 0.3) is 0 Å². The van der Waals surface area contributed by atoms with Crippen molar-refractivity contribution >= 4 is 0 Å². The van der Waals surface area contributed by atoms with Crippen LogP contribution in [0.15, 0.2) is 30.3 Å². The molecule has 1 N–H and O–H groups in total. The summed E-state index contributed by atoms with van der Waals surface area (Å²) in [4.78, 5) is 0. The van der Waals surface area contributed by atoms with Crippen LogP contribution in [0.1, 0.15) is 52.2 Å². The number of nitrogens with one attached hydrogen (secondary N) is 1. The van der Waals surface area contributed by atoms with Gasteiger partial charge in [-0.1, -0.05) is 51.1 Å². The molecule has 106 valence electrons. The van der Waals surface area contributed by atoms with Crippen molar-refractivity contribution in [2.75, 3.05) is 6.61 Å². The van der Waals surface area contributed by atoms with Gasteiger partial charge in [0.1, 0.15) is 0 Å². The second kappa shape index (κ2) is 6.06. The number of hydrogen-bond donors (Lipinski definition) is 1. The Kier molecular flexibility index (Phi) is 4.64. The number of rotatable bonds is 3. The minimum absolute atomic E-state index is 0.162. The zero-order valence-corrected chi connectivity index (χ0v) is 12.6. The third-order valence-electron chi connectivity index (χ3n) is 4.42. The lowest BCUT2D eigenvalue weighted by Crippen LogP contribution is -2.50. The summed E-state index contributed by atoms with van der Waals surface area (Å²) < 4.78 is 6.20. The van der Waals surface area contributed by atoms with Crippen molar-refractivity contribution in [2.45, 2.75) is 58.2 Å². The Morgan fingerprint density at radius 2 is 2.00 bits per heavy atom. The first-order valence-corrected chi connectivity index (χ1v) is 7.50. The van der Waals surface area contributed by atoms with E-state index in [9.17, 15) is 0 Å². The first-order chi connectivity index (χ1) is 9.06. The first-order valence-electron chi connectivity index (χ1n) is 7.50. The first kappa shape index (κ1) is 14.5. The molecular weight excluding hydrogens is 234 g/mol. The molecule has 0 aliphatic carbocycles.